The van der Waals surface area contributed by atoms with Crippen molar-refractivity contribution in [2.75, 3.05) is 6.61 Å². The molecule has 0 heterocycles. The predicted molar refractivity (Wildman–Crippen MR) is 83.1 cm³/mol. The molecule has 1 N–H and O–H groups in total. The summed E-state index contributed by atoms with van der Waals surface area (Å²) in [6.45, 7) is -2.37. The molecule has 0 aromatic heterocycles. The summed E-state index contributed by atoms with van der Waals surface area (Å²) in [6, 6.07) is 7.02. The van der Waals surface area contributed by atoms with Crippen LogP contribution in [0.25, 0.3) is 0 Å². The van der Waals surface area contributed by atoms with Gasteiger partial charge in [0.2, 0.25) is 0 Å². The Kier molecular flexibility index (Phi) is 4.91. The number of rotatable bonds is 6. The first-order chi connectivity index (χ1) is 11.5. The minimum absolute atomic E-state index is 0.0544. The van der Waals surface area contributed by atoms with E-state index < -0.39 is 12.2 Å². The second-order valence-electron chi connectivity index (χ2n) is 6.76. The summed E-state index contributed by atoms with van der Waals surface area (Å²) < 4.78 is 35.4. The third-order valence-electron chi connectivity index (χ3n) is 4.85. The zero-order valence-corrected chi connectivity index (χ0v) is 13.4. The molecule has 24 heavy (non-hydrogen) atoms. The van der Waals surface area contributed by atoms with E-state index in [4.69, 9.17) is 10.00 Å². The molecule has 0 atom stereocenters. The molecule has 0 aliphatic heterocycles. The normalized spacial score (nSPS) is 26.9. The van der Waals surface area contributed by atoms with Gasteiger partial charge >= 0.3 is 6.61 Å². The van der Waals surface area contributed by atoms with Gasteiger partial charge in [0.05, 0.1) is 12.7 Å². The molecular weight excluding hydrogens is 316 g/mol. The topological polar surface area (TPSA) is 62.5 Å². The Balaban J connectivity index is 1.73. The van der Waals surface area contributed by atoms with Crippen molar-refractivity contribution >= 4 is 0 Å². The maximum atomic E-state index is 12.6. The van der Waals surface area contributed by atoms with Crippen LogP contribution >= 0.6 is 0 Å². The number of aliphatic hydroxyl groups is 1. The summed E-state index contributed by atoms with van der Waals surface area (Å²) in [4.78, 5) is 0. The molecule has 0 radical (unpaired) electrons. The Morgan fingerprint density at radius 1 is 1.21 bits per heavy atom. The van der Waals surface area contributed by atoms with E-state index in [-0.39, 0.29) is 11.7 Å². The number of ether oxygens (including phenoxy) is 2. The Morgan fingerprint density at radius 3 is 2.50 bits per heavy atom. The van der Waals surface area contributed by atoms with Crippen LogP contribution in [0.5, 0.6) is 11.5 Å². The van der Waals surface area contributed by atoms with Gasteiger partial charge in [-0.3, -0.25) is 0 Å². The summed E-state index contributed by atoms with van der Waals surface area (Å²) in [5.74, 6) is 1.09. The van der Waals surface area contributed by atoms with Crippen molar-refractivity contribution in [2.45, 2.75) is 56.7 Å². The molecule has 2 saturated carbocycles. The number of nitrogens with zero attached hydrogens (tertiary/aromatic N) is 1. The molecule has 0 bridgehead atoms. The highest BCUT2D eigenvalue weighted by Crippen LogP contribution is 2.41. The van der Waals surface area contributed by atoms with E-state index in [1.165, 1.54) is 6.07 Å². The van der Waals surface area contributed by atoms with Gasteiger partial charge in [0.15, 0.2) is 17.1 Å². The van der Waals surface area contributed by atoms with Gasteiger partial charge in [0.25, 0.3) is 0 Å². The number of hydrogen-bond acceptors (Lipinski definition) is 4. The molecule has 0 spiro atoms. The summed E-state index contributed by atoms with van der Waals surface area (Å²) in [7, 11) is 0. The first-order valence-electron chi connectivity index (χ1n) is 8.34. The minimum atomic E-state index is -2.89. The van der Waals surface area contributed by atoms with Crippen LogP contribution in [0.4, 0.5) is 8.78 Å². The standard InChI is InChI=1S/C18H21F2NO3/c19-17(20)24-15-4-3-14(9-16(15)23-10-12-1-2-12)13-5-7-18(22,11-21)8-6-13/h3-4,9,12-13,17,22H,1-2,5-8,10H2. The van der Waals surface area contributed by atoms with Gasteiger partial charge in [0.1, 0.15) is 0 Å². The van der Waals surface area contributed by atoms with Crippen LogP contribution < -0.4 is 9.47 Å². The predicted octanol–water partition coefficient (Wildman–Crippen LogP) is 3.99. The van der Waals surface area contributed by atoms with E-state index in [9.17, 15) is 13.9 Å². The summed E-state index contributed by atoms with van der Waals surface area (Å²) in [5, 5.41) is 19.0. The molecule has 6 heteroatoms. The Hall–Kier alpha value is -1.87. The second-order valence-corrected chi connectivity index (χ2v) is 6.76. The average molecular weight is 337 g/mol. The first kappa shape index (κ1) is 17.0. The third-order valence-corrected chi connectivity index (χ3v) is 4.85. The van der Waals surface area contributed by atoms with E-state index in [0.29, 0.717) is 44.0 Å². The van der Waals surface area contributed by atoms with Crippen LogP contribution in [0, 0.1) is 17.2 Å². The highest BCUT2D eigenvalue weighted by Gasteiger charge is 2.34. The van der Waals surface area contributed by atoms with Crippen LogP contribution in [0.3, 0.4) is 0 Å². The number of alkyl halides is 2. The van der Waals surface area contributed by atoms with Crippen molar-refractivity contribution in [1.82, 2.24) is 0 Å². The number of nitriles is 1. The molecule has 130 valence electrons. The quantitative estimate of drug-likeness (QED) is 0.797. The third kappa shape index (κ3) is 4.15. The Bertz CT molecular complexity index is 617. The van der Waals surface area contributed by atoms with Crippen molar-refractivity contribution in [3.8, 4) is 17.6 Å². The molecule has 2 aliphatic carbocycles. The molecule has 0 amide bonds. The van der Waals surface area contributed by atoms with E-state index in [1.807, 2.05) is 6.07 Å². The highest BCUT2D eigenvalue weighted by atomic mass is 19.3. The molecule has 1 aromatic carbocycles. The lowest BCUT2D eigenvalue weighted by atomic mass is 9.77. The summed E-state index contributed by atoms with van der Waals surface area (Å²) in [5.41, 5.74) is -0.261. The van der Waals surface area contributed by atoms with Gasteiger partial charge in [-0.2, -0.15) is 14.0 Å². The molecule has 2 aliphatic rings. The molecule has 3 rings (SSSR count). The average Bonchev–Trinajstić information content (AvgIpc) is 3.39. The van der Waals surface area contributed by atoms with Gasteiger partial charge in [-0.05, 0) is 68.1 Å². The number of hydrogen-bond donors (Lipinski definition) is 1. The summed E-state index contributed by atoms with van der Waals surface area (Å²) >= 11 is 0. The zero-order valence-electron chi connectivity index (χ0n) is 13.4. The van der Waals surface area contributed by atoms with E-state index in [2.05, 4.69) is 4.74 Å². The lowest BCUT2D eigenvalue weighted by Crippen LogP contribution is -2.31. The largest absolute Gasteiger partial charge is 0.489 e. The zero-order chi connectivity index (χ0) is 17.2. The SMILES string of the molecule is N#CC1(O)CCC(c2ccc(OC(F)F)c(OCC3CC3)c2)CC1. The van der Waals surface area contributed by atoms with Crippen molar-refractivity contribution in [3.63, 3.8) is 0 Å². The van der Waals surface area contributed by atoms with Crippen LogP contribution in [0.2, 0.25) is 0 Å². The minimum Gasteiger partial charge on any atom is -0.489 e. The summed E-state index contributed by atoms with van der Waals surface area (Å²) in [6.07, 6.45) is 4.42. The molecule has 1 aromatic rings. The molecule has 0 unspecified atom stereocenters. The van der Waals surface area contributed by atoms with Crippen molar-refractivity contribution in [3.05, 3.63) is 23.8 Å². The fraction of sp³-hybridized carbons (Fsp3) is 0.611. The molecule has 0 saturated heterocycles. The maximum absolute atomic E-state index is 12.6. The molecule has 4 nitrogen and oxygen atoms in total. The van der Waals surface area contributed by atoms with Crippen LogP contribution in [-0.4, -0.2) is 23.9 Å². The van der Waals surface area contributed by atoms with E-state index in [0.717, 1.165) is 18.4 Å². The van der Waals surface area contributed by atoms with E-state index >= 15 is 0 Å². The monoisotopic (exact) mass is 337 g/mol. The lowest BCUT2D eigenvalue weighted by molar-refractivity contribution is -0.0515. The fourth-order valence-corrected chi connectivity index (χ4v) is 3.12. The lowest BCUT2D eigenvalue weighted by Gasteiger charge is -2.31. The van der Waals surface area contributed by atoms with Gasteiger partial charge in [-0.25, -0.2) is 0 Å². The molecular formula is C18H21F2NO3. The van der Waals surface area contributed by atoms with Gasteiger partial charge < -0.3 is 14.6 Å². The number of halogens is 2. The van der Waals surface area contributed by atoms with Crippen LogP contribution in [0.1, 0.15) is 50.0 Å². The van der Waals surface area contributed by atoms with Crippen LogP contribution in [0.15, 0.2) is 18.2 Å². The first-order valence-corrected chi connectivity index (χ1v) is 8.34. The van der Waals surface area contributed by atoms with Crippen molar-refractivity contribution < 1.29 is 23.4 Å². The number of benzene rings is 1. The smallest absolute Gasteiger partial charge is 0.387 e. The molecule has 2 fully saturated rings. The maximum Gasteiger partial charge on any atom is 0.387 e. The van der Waals surface area contributed by atoms with Crippen molar-refractivity contribution in [2.24, 2.45) is 5.92 Å². The van der Waals surface area contributed by atoms with Crippen molar-refractivity contribution in [1.29, 1.82) is 5.26 Å². The van der Waals surface area contributed by atoms with Crippen LogP contribution in [-0.2, 0) is 0 Å². The second kappa shape index (κ2) is 6.94. The fourth-order valence-electron chi connectivity index (χ4n) is 3.12. The van der Waals surface area contributed by atoms with Gasteiger partial charge in [0, 0.05) is 0 Å². The van der Waals surface area contributed by atoms with Gasteiger partial charge in [-0.1, -0.05) is 6.07 Å². The van der Waals surface area contributed by atoms with Gasteiger partial charge in [-0.15, -0.1) is 0 Å². The van der Waals surface area contributed by atoms with E-state index in [1.54, 1.807) is 12.1 Å². The Labute approximate surface area is 140 Å². The Morgan fingerprint density at radius 2 is 1.92 bits per heavy atom. The highest BCUT2D eigenvalue weighted by molar-refractivity contribution is 5.44.